The van der Waals surface area contributed by atoms with Crippen molar-refractivity contribution in [1.29, 1.82) is 0 Å². The molecule has 4 heteroatoms. The van der Waals surface area contributed by atoms with Gasteiger partial charge in [-0.2, -0.15) is 0 Å². The fraction of sp³-hybridized carbons (Fsp3) is 0.455. The summed E-state index contributed by atoms with van der Waals surface area (Å²) in [6.07, 6.45) is 6.05. The van der Waals surface area contributed by atoms with E-state index in [-0.39, 0.29) is 0 Å². The second-order valence-electron chi connectivity index (χ2n) is 3.76. The molecule has 1 aromatic heterocycles. The van der Waals surface area contributed by atoms with Crippen molar-refractivity contribution >= 4 is 11.6 Å². The van der Waals surface area contributed by atoms with E-state index in [1.165, 1.54) is 5.70 Å². The number of nitrogens with zero attached hydrogens (tertiary/aromatic N) is 3. The zero-order valence-electron chi connectivity index (χ0n) is 9.20. The van der Waals surface area contributed by atoms with Crippen LogP contribution in [-0.2, 0) is 6.42 Å². The topological polar surface area (TPSA) is 55.0 Å². The van der Waals surface area contributed by atoms with Crippen LogP contribution in [0, 0.1) is 0 Å². The van der Waals surface area contributed by atoms with Crippen LogP contribution in [0.15, 0.2) is 12.3 Å². The van der Waals surface area contributed by atoms with Crippen LogP contribution < -0.4 is 5.73 Å². The van der Waals surface area contributed by atoms with E-state index in [4.69, 9.17) is 5.73 Å². The van der Waals surface area contributed by atoms with E-state index < -0.39 is 0 Å². The Bertz CT molecular complexity index is 398. The molecule has 0 fully saturated rings. The highest BCUT2D eigenvalue weighted by Gasteiger charge is 2.17. The largest absolute Gasteiger partial charge is 0.373 e. The molecule has 1 aliphatic heterocycles. The number of aryl methyl sites for hydroxylation is 1. The first-order valence-electron chi connectivity index (χ1n) is 5.25. The summed E-state index contributed by atoms with van der Waals surface area (Å²) in [5.41, 5.74) is 8.96. The van der Waals surface area contributed by atoms with Crippen LogP contribution in [0.5, 0.6) is 0 Å². The number of rotatable bonds is 2. The molecule has 0 saturated carbocycles. The Morgan fingerprint density at radius 2 is 2.33 bits per heavy atom. The van der Waals surface area contributed by atoms with Crippen LogP contribution >= 0.6 is 0 Å². The molecule has 1 aromatic rings. The summed E-state index contributed by atoms with van der Waals surface area (Å²) >= 11 is 0. The minimum atomic E-state index is 0.350. The Labute approximate surface area is 89.8 Å². The molecule has 4 nitrogen and oxygen atoms in total. The summed E-state index contributed by atoms with van der Waals surface area (Å²) in [6, 6.07) is 0. The highest BCUT2D eigenvalue weighted by Crippen LogP contribution is 2.25. The fourth-order valence-corrected chi connectivity index (χ4v) is 1.85. The monoisotopic (exact) mass is 204 g/mol. The van der Waals surface area contributed by atoms with E-state index in [0.29, 0.717) is 5.95 Å². The van der Waals surface area contributed by atoms with Crippen molar-refractivity contribution in [3.63, 3.8) is 0 Å². The Morgan fingerprint density at radius 1 is 1.53 bits per heavy atom. The van der Waals surface area contributed by atoms with Gasteiger partial charge in [0, 0.05) is 19.8 Å². The second-order valence-corrected chi connectivity index (χ2v) is 3.76. The lowest BCUT2D eigenvalue weighted by atomic mass is 10.1. The molecule has 0 bridgehead atoms. The summed E-state index contributed by atoms with van der Waals surface area (Å²) in [6.45, 7) is 3.16. The van der Waals surface area contributed by atoms with Gasteiger partial charge in [-0.3, -0.25) is 0 Å². The molecule has 2 rings (SSSR count). The average molecular weight is 204 g/mol. The summed E-state index contributed by atoms with van der Waals surface area (Å²) in [7, 11) is 2.08. The number of aromatic nitrogens is 2. The van der Waals surface area contributed by atoms with Gasteiger partial charge >= 0.3 is 0 Å². The summed E-state index contributed by atoms with van der Waals surface area (Å²) in [5, 5.41) is 0. The third kappa shape index (κ3) is 1.79. The smallest absolute Gasteiger partial charge is 0.220 e. The fourth-order valence-electron chi connectivity index (χ4n) is 1.85. The van der Waals surface area contributed by atoms with Gasteiger partial charge in [0.2, 0.25) is 5.95 Å². The number of anilines is 1. The van der Waals surface area contributed by atoms with Gasteiger partial charge in [-0.1, -0.05) is 13.0 Å². The quantitative estimate of drug-likeness (QED) is 0.789. The van der Waals surface area contributed by atoms with Gasteiger partial charge < -0.3 is 10.6 Å². The number of hydrogen-bond donors (Lipinski definition) is 1. The maximum Gasteiger partial charge on any atom is 0.220 e. The van der Waals surface area contributed by atoms with Gasteiger partial charge in [0.1, 0.15) is 0 Å². The normalized spacial score (nSPS) is 15.6. The molecule has 0 amide bonds. The standard InChI is InChI=1S/C11H16N4/c1-3-8-7-13-11(12)14-10(8)9-5-4-6-15(9)2/h5,7H,3-4,6H2,1-2H3,(H2,12,13,14). The molecule has 2 heterocycles. The Kier molecular flexibility index (Phi) is 2.58. The molecule has 15 heavy (non-hydrogen) atoms. The predicted molar refractivity (Wildman–Crippen MR) is 61.0 cm³/mol. The minimum absolute atomic E-state index is 0.350. The molecule has 0 unspecified atom stereocenters. The highest BCUT2D eigenvalue weighted by molar-refractivity contribution is 5.65. The third-order valence-corrected chi connectivity index (χ3v) is 2.72. The van der Waals surface area contributed by atoms with Crippen molar-refractivity contribution in [2.24, 2.45) is 0 Å². The average Bonchev–Trinajstić information content (AvgIpc) is 2.64. The van der Waals surface area contributed by atoms with E-state index >= 15 is 0 Å². The third-order valence-electron chi connectivity index (χ3n) is 2.72. The summed E-state index contributed by atoms with van der Waals surface area (Å²) in [4.78, 5) is 10.6. The molecule has 0 spiro atoms. The second kappa shape index (κ2) is 3.88. The summed E-state index contributed by atoms with van der Waals surface area (Å²) < 4.78 is 0. The van der Waals surface area contributed by atoms with Gasteiger partial charge in [-0.15, -0.1) is 0 Å². The van der Waals surface area contributed by atoms with E-state index in [2.05, 4.69) is 34.9 Å². The van der Waals surface area contributed by atoms with E-state index in [1.807, 2.05) is 6.20 Å². The van der Waals surface area contributed by atoms with Crippen molar-refractivity contribution in [2.75, 3.05) is 19.3 Å². The molecule has 1 aliphatic rings. The number of nitrogen functional groups attached to an aromatic ring is 1. The molecule has 0 atom stereocenters. The van der Waals surface area contributed by atoms with Crippen LogP contribution in [0.25, 0.3) is 5.70 Å². The van der Waals surface area contributed by atoms with Crippen LogP contribution in [-0.4, -0.2) is 28.5 Å². The van der Waals surface area contributed by atoms with E-state index in [0.717, 1.165) is 30.6 Å². The van der Waals surface area contributed by atoms with Gasteiger partial charge in [0.25, 0.3) is 0 Å². The molecule has 0 aliphatic carbocycles. The van der Waals surface area contributed by atoms with Crippen LogP contribution in [0.1, 0.15) is 24.6 Å². The molecule has 80 valence electrons. The van der Waals surface area contributed by atoms with Crippen molar-refractivity contribution < 1.29 is 0 Å². The lowest BCUT2D eigenvalue weighted by Crippen LogP contribution is -2.15. The predicted octanol–water partition coefficient (Wildman–Crippen LogP) is 1.30. The van der Waals surface area contributed by atoms with Gasteiger partial charge in [-0.25, -0.2) is 9.97 Å². The lowest BCUT2D eigenvalue weighted by molar-refractivity contribution is 0.515. The Hall–Kier alpha value is -1.58. The summed E-state index contributed by atoms with van der Waals surface area (Å²) in [5.74, 6) is 0.350. The van der Waals surface area contributed by atoms with Crippen LogP contribution in [0.4, 0.5) is 5.95 Å². The molecule has 0 radical (unpaired) electrons. The van der Waals surface area contributed by atoms with Crippen molar-refractivity contribution in [2.45, 2.75) is 19.8 Å². The lowest BCUT2D eigenvalue weighted by Gasteiger charge is -2.17. The van der Waals surface area contributed by atoms with Crippen molar-refractivity contribution in [1.82, 2.24) is 14.9 Å². The van der Waals surface area contributed by atoms with E-state index in [9.17, 15) is 0 Å². The molecule has 2 N–H and O–H groups in total. The first-order valence-corrected chi connectivity index (χ1v) is 5.25. The first kappa shape index (κ1) is 9.96. The van der Waals surface area contributed by atoms with Gasteiger partial charge in [0.05, 0.1) is 11.4 Å². The molecule has 0 saturated heterocycles. The minimum Gasteiger partial charge on any atom is -0.373 e. The zero-order valence-corrected chi connectivity index (χ0v) is 9.20. The molecule has 0 aromatic carbocycles. The molecular formula is C11H16N4. The van der Waals surface area contributed by atoms with Crippen molar-refractivity contribution in [3.8, 4) is 0 Å². The maximum atomic E-state index is 5.63. The van der Waals surface area contributed by atoms with Gasteiger partial charge in [0.15, 0.2) is 0 Å². The first-order chi connectivity index (χ1) is 7.22. The SMILES string of the molecule is CCc1cnc(N)nc1C1=CCCN1C. The molecular weight excluding hydrogens is 188 g/mol. The zero-order chi connectivity index (χ0) is 10.8. The van der Waals surface area contributed by atoms with E-state index in [1.54, 1.807) is 0 Å². The van der Waals surface area contributed by atoms with Crippen molar-refractivity contribution in [3.05, 3.63) is 23.5 Å². The number of nitrogens with two attached hydrogens (primary N) is 1. The van der Waals surface area contributed by atoms with Gasteiger partial charge in [-0.05, 0) is 18.4 Å². The Morgan fingerprint density at radius 3 is 2.93 bits per heavy atom. The Balaban J connectivity index is 2.46. The highest BCUT2D eigenvalue weighted by atomic mass is 15.1. The van der Waals surface area contributed by atoms with Crippen LogP contribution in [0.2, 0.25) is 0 Å². The maximum absolute atomic E-state index is 5.63. The number of hydrogen-bond acceptors (Lipinski definition) is 4. The van der Waals surface area contributed by atoms with Crippen LogP contribution in [0.3, 0.4) is 0 Å².